The van der Waals surface area contributed by atoms with Crippen LogP contribution >= 0.6 is 0 Å². The van der Waals surface area contributed by atoms with Crippen LogP contribution in [0.15, 0.2) is 18.2 Å². The molecule has 0 aliphatic carbocycles. The summed E-state index contributed by atoms with van der Waals surface area (Å²) in [5, 5.41) is 2.79. The van der Waals surface area contributed by atoms with Crippen molar-refractivity contribution in [2.45, 2.75) is 31.9 Å². The number of likely N-dealkylation sites (tertiary alicyclic amines) is 1. The molecule has 1 aromatic carbocycles. The monoisotopic (exact) mass is 364 g/mol. The highest BCUT2D eigenvalue weighted by molar-refractivity contribution is 5.95. The lowest BCUT2D eigenvalue weighted by molar-refractivity contribution is -0.0512. The molecule has 0 saturated carbocycles. The molecule has 1 aliphatic heterocycles. The van der Waals surface area contributed by atoms with E-state index in [-0.39, 0.29) is 29.6 Å². The Bertz CT molecular complexity index is 578. The maximum Gasteiger partial charge on any atom is 0.387 e. The summed E-state index contributed by atoms with van der Waals surface area (Å²) in [4.78, 5) is 13.9. The molecule has 1 saturated heterocycles. The van der Waals surface area contributed by atoms with Crippen LogP contribution in [0.1, 0.15) is 23.2 Å². The lowest BCUT2D eigenvalue weighted by Crippen LogP contribution is -2.45. The van der Waals surface area contributed by atoms with Gasteiger partial charge in [-0.15, -0.1) is 0 Å². The van der Waals surface area contributed by atoms with Crippen molar-refractivity contribution < 1.29 is 31.8 Å². The fourth-order valence-corrected chi connectivity index (χ4v) is 2.73. The van der Waals surface area contributed by atoms with E-state index >= 15 is 0 Å². The number of rotatable bonds is 7. The van der Waals surface area contributed by atoms with Crippen molar-refractivity contribution in [2.75, 3.05) is 26.7 Å². The van der Waals surface area contributed by atoms with Gasteiger partial charge in [0.1, 0.15) is 0 Å². The fraction of sp³-hybridized carbons (Fsp3) is 0.562. The zero-order chi connectivity index (χ0) is 18.4. The van der Waals surface area contributed by atoms with Gasteiger partial charge in [0.15, 0.2) is 11.5 Å². The molecule has 0 atom stereocenters. The maximum atomic E-state index is 12.4. The number of hydrogen-bond acceptors (Lipinski definition) is 4. The lowest BCUT2D eigenvalue weighted by Gasteiger charge is -2.32. The van der Waals surface area contributed by atoms with E-state index in [0.717, 1.165) is 0 Å². The normalized spacial score (nSPS) is 16.3. The number of ether oxygens (including phenoxy) is 2. The first-order valence-corrected chi connectivity index (χ1v) is 7.83. The van der Waals surface area contributed by atoms with Crippen LogP contribution in [0.5, 0.6) is 11.5 Å². The minimum Gasteiger partial charge on any atom is -0.493 e. The molecule has 25 heavy (non-hydrogen) atoms. The molecule has 140 valence electrons. The Morgan fingerprint density at radius 2 is 1.92 bits per heavy atom. The number of nitrogens with one attached hydrogen (secondary N) is 1. The zero-order valence-electron chi connectivity index (χ0n) is 13.7. The quantitative estimate of drug-likeness (QED) is 0.756. The van der Waals surface area contributed by atoms with Gasteiger partial charge in [0.05, 0.1) is 13.7 Å². The van der Waals surface area contributed by atoms with E-state index in [2.05, 4.69) is 10.1 Å². The smallest absolute Gasteiger partial charge is 0.387 e. The Hall–Kier alpha value is -2.03. The van der Waals surface area contributed by atoms with Crippen molar-refractivity contribution in [1.29, 1.82) is 0 Å². The molecule has 1 heterocycles. The largest absolute Gasteiger partial charge is 0.493 e. The van der Waals surface area contributed by atoms with Gasteiger partial charge in [-0.1, -0.05) is 0 Å². The van der Waals surface area contributed by atoms with Gasteiger partial charge in [0.2, 0.25) is 0 Å². The lowest BCUT2D eigenvalue weighted by atomic mass is 10.0. The van der Waals surface area contributed by atoms with Crippen molar-refractivity contribution in [3.63, 3.8) is 0 Å². The number of methoxy groups -OCH3 is 1. The van der Waals surface area contributed by atoms with Crippen molar-refractivity contribution >= 4 is 5.91 Å². The van der Waals surface area contributed by atoms with E-state index < -0.39 is 18.9 Å². The fourth-order valence-electron chi connectivity index (χ4n) is 2.73. The molecular formula is C16H20F4N2O3. The molecule has 1 amide bonds. The number of halogens is 4. The Morgan fingerprint density at radius 3 is 2.48 bits per heavy atom. The number of piperidine rings is 1. The number of alkyl halides is 4. The van der Waals surface area contributed by atoms with Gasteiger partial charge < -0.3 is 14.8 Å². The van der Waals surface area contributed by atoms with Gasteiger partial charge in [-0.3, -0.25) is 9.69 Å². The number of nitrogens with zero attached hydrogens (tertiary/aromatic N) is 1. The number of hydrogen-bond donors (Lipinski definition) is 1. The minimum absolute atomic E-state index is 0.0946. The van der Waals surface area contributed by atoms with E-state index in [9.17, 15) is 22.4 Å². The Labute approximate surface area is 142 Å². The highest BCUT2D eigenvalue weighted by Gasteiger charge is 2.23. The molecule has 0 radical (unpaired) electrons. The zero-order valence-corrected chi connectivity index (χ0v) is 13.7. The van der Waals surface area contributed by atoms with E-state index in [0.29, 0.717) is 25.9 Å². The first-order chi connectivity index (χ1) is 11.9. The third-order valence-corrected chi connectivity index (χ3v) is 3.96. The standard InChI is InChI=1S/C16H20F4N2O3/c1-24-12-3-2-10(8-13(12)25-16(19)20)15(23)21-11-4-6-22(7-5-11)9-14(17)18/h2-3,8,11,14,16H,4-7,9H2,1H3,(H,21,23). The second kappa shape index (κ2) is 8.89. The summed E-state index contributed by atoms with van der Waals surface area (Å²) in [7, 11) is 1.31. The van der Waals surface area contributed by atoms with E-state index in [1.54, 1.807) is 4.90 Å². The van der Waals surface area contributed by atoms with Crippen LogP contribution in [0.2, 0.25) is 0 Å². The van der Waals surface area contributed by atoms with Gasteiger partial charge in [-0.2, -0.15) is 8.78 Å². The summed E-state index contributed by atoms with van der Waals surface area (Å²) < 4.78 is 58.8. The molecular weight excluding hydrogens is 344 g/mol. The highest BCUT2D eigenvalue weighted by Crippen LogP contribution is 2.29. The topological polar surface area (TPSA) is 50.8 Å². The van der Waals surface area contributed by atoms with Crippen molar-refractivity contribution in [2.24, 2.45) is 0 Å². The van der Waals surface area contributed by atoms with Crippen LogP contribution in [0.4, 0.5) is 17.6 Å². The molecule has 1 fully saturated rings. The summed E-state index contributed by atoms with van der Waals surface area (Å²) in [6.07, 6.45) is -1.28. The molecule has 2 rings (SSSR count). The van der Waals surface area contributed by atoms with Crippen LogP contribution in [0, 0.1) is 0 Å². The molecule has 0 spiro atoms. The predicted octanol–water partition coefficient (Wildman–Crippen LogP) is 2.76. The van der Waals surface area contributed by atoms with E-state index in [1.165, 1.54) is 25.3 Å². The van der Waals surface area contributed by atoms with Crippen molar-refractivity contribution in [3.8, 4) is 11.5 Å². The van der Waals surface area contributed by atoms with E-state index in [4.69, 9.17) is 4.74 Å². The molecule has 9 heteroatoms. The van der Waals surface area contributed by atoms with Crippen LogP contribution in [-0.2, 0) is 0 Å². The summed E-state index contributed by atoms with van der Waals surface area (Å²) in [5.74, 6) is -0.567. The second-order valence-corrected chi connectivity index (χ2v) is 5.68. The molecule has 0 aromatic heterocycles. The van der Waals surface area contributed by atoms with Gasteiger partial charge in [-0.05, 0) is 31.0 Å². The molecule has 0 bridgehead atoms. The molecule has 5 nitrogen and oxygen atoms in total. The summed E-state index contributed by atoms with van der Waals surface area (Å²) in [6, 6.07) is 3.85. The second-order valence-electron chi connectivity index (χ2n) is 5.68. The van der Waals surface area contributed by atoms with Gasteiger partial charge >= 0.3 is 6.61 Å². The molecule has 1 aromatic rings. The van der Waals surface area contributed by atoms with Crippen LogP contribution in [-0.4, -0.2) is 56.6 Å². The van der Waals surface area contributed by atoms with Gasteiger partial charge in [0, 0.05) is 24.7 Å². The van der Waals surface area contributed by atoms with Crippen LogP contribution in [0.3, 0.4) is 0 Å². The maximum absolute atomic E-state index is 12.4. The van der Waals surface area contributed by atoms with E-state index in [1.807, 2.05) is 0 Å². The van der Waals surface area contributed by atoms with Crippen molar-refractivity contribution in [3.05, 3.63) is 23.8 Å². The molecule has 0 unspecified atom stereocenters. The Balaban J connectivity index is 1.95. The number of carbonyl (C=O) groups is 1. The number of benzene rings is 1. The minimum atomic E-state index is -3.04. The SMILES string of the molecule is COc1ccc(C(=O)NC2CCN(CC(F)F)CC2)cc1OC(F)F. The number of carbonyl (C=O) groups excluding carboxylic acids is 1. The molecule has 1 N–H and O–H groups in total. The third kappa shape index (κ3) is 5.77. The van der Waals surface area contributed by atoms with Crippen molar-refractivity contribution in [1.82, 2.24) is 10.2 Å². The first kappa shape index (κ1) is 19.3. The Morgan fingerprint density at radius 1 is 1.24 bits per heavy atom. The van der Waals surface area contributed by atoms with Crippen LogP contribution in [0.25, 0.3) is 0 Å². The van der Waals surface area contributed by atoms with Gasteiger partial charge in [-0.25, -0.2) is 8.78 Å². The Kier molecular flexibility index (Phi) is 6.86. The summed E-state index contributed by atoms with van der Waals surface area (Å²) in [5.41, 5.74) is 0.159. The average molecular weight is 364 g/mol. The average Bonchev–Trinajstić information content (AvgIpc) is 2.55. The van der Waals surface area contributed by atoms with Crippen LogP contribution < -0.4 is 14.8 Å². The summed E-state index contributed by atoms with van der Waals surface area (Å²) >= 11 is 0. The first-order valence-electron chi connectivity index (χ1n) is 7.83. The third-order valence-electron chi connectivity index (χ3n) is 3.96. The number of amides is 1. The van der Waals surface area contributed by atoms with Gasteiger partial charge in [0.25, 0.3) is 12.3 Å². The molecule has 1 aliphatic rings. The highest BCUT2D eigenvalue weighted by atomic mass is 19.3. The predicted molar refractivity (Wildman–Crippen MR) is 82.6 cm³/mol. The summed E-state index contributed by atoms with van der Waals surface area (Å²) in [6.45, 7) is -2.37.